The summed E-state index contributed by atoms with van der Waals surface area (Å²) in [6.45, 7) is 5.82. The lowest BCUT2D eigenvalue weighted by atomic mass is 9.94. The Balaban J connectivity index is 1.25. The van der Waals surface area contributed by atoms with E-state index in [-0.39, 0.29) is 11.7 Å². The van der Waals surface area contributed by atoms with Gasteiger partial charge in [-0.15, -0.1) is 13.2 Å². The van der Waals surface area contributed by atoms with E-state index in [0.717, 1.165) is 19.5 Å². The molecule has 2 heterocycles. The number of nitrogens with zero attached hydrogens (tertiary/aromatic N) is 3. The van der Waals surface area contributed by atoms with Crippen LogP contribution >= 0.6 is 0 Å². The van der Waals surface area contributed by atoms with Gasteiger partial charge in [-0.1, -0.05) is 6.07 Å². The van der Waals surface area contributed by atoms with Gasteiger partial charge in [0.2, 0.25) is 5.91 Å². The van der Waals surface area contributed by atoms with Crippen LogP contribution in [0.2, 0.25) is 0 Å². The molecule has 1 spiro atoms. The van der Waals surface area contributed by atoms with Gasteiger partial charge in [-0.3, -0.25) is 4.79 Å². The van der Waals surface area contributed by atoms with E-state index in [1.165, 1.54) is 50.9 Å². The zero-order chi connectivity index (χ0) is 21.2. The molecular weight excluding hydrogens is 395 g/mol. The Hall–Kier alpha value is -1.96. The number of benzene rings is 1. The number of amides is 1. The highest BCUT2D eigenvalue weighted by molar-refractivity contribution is 5.77. The van der Waals surface area contributed by atoms with E-state index in [0.29, 0.717) is 37.2 Å². The van der Waals surface area contributed by atoms with Crippen LogP contribution in [0.5, 0.6) is 5.75 Å². The highest BCUT2D eigenvalue weighted by atomic mass is 19.4. The topological polar surface area (TPSA) is 36.0 Å². The zero-order valence-electron chi connectivity index (χ0n) is 17.3. The molecule has 0 aromatic heterocycles. The van der Waals surface area contributed by atoms with Gasteiger partial charge in [0.15, 0.2) is 0 Å². The fourth-order valence-electron chi connectivity index (χ4n) is 4.65. The number of alkyl halides is 3. The number of anilines is 1. The number of rotatable bonds is 6. The van der Waals surface area contributed by atoms with Gasteiger partial charge in [0.05, 0.1) is 0 Å². The normalized spacial score (nSPS) is 22.3. The lowest BCUT2D eigenvalue weighted by Gasteiger charge is -2.32. The third-order valence-electron chi connectivity index (χ3n) is 6.78. The van der Waals surface area contributed by atoms with Gasteiger partial charge in [-0.2, -0.15) is 0 Å². The molecule has 1 aromatic carbocycles. The van der Waals surface area contributed by atoms with Gasteiger partial charge in [0.1, 0.15) is 5.75 Å². The second-order valence-electron chi connectivity index (χ2n) is 8.86. The van der Waals surface area contributed by atoms with Crippen molar-refractivity contribution in [3.63, 3.8) is 0 Å². The first-order valence-corrected chi connectivity index (χ1v) is 10.9. The SMILES string of the molecule is O=C1CCN(c2cccc(OC(F)(F)F)c2)CCN1CCCN1CCC2(CC1)CC2. The summed E-state index contributed by atoms with van der Waals surface area (Å²) in [4.78, 5) is 18.9. The minimum Gasteiger partial charge on any atom is -0.406 e. The Kier molecular flexibility index (Phi) is 6.14. The Morgan fingerprint density at radius 3 is 2.43 bits per heavy atom. The number of hydrogen-bond acceptors (Lipinski definition) is 4. The first-order chi connectivity index (χ1) is 14.3. The van der Waals surface area contributed by atoms with Crippen molar-refractivity contribution in [1.29, 1.82) is 0 Å². The van der Waals surface area contributed by atoms with E-state index >= 15 is 0 Å². The third-order valence-corrected chi connectivity index (χ3v) is 6.78. The Morgan fingerprint density at radius 2 is 1.73 bits per heavy atom. The highest BCUT2D eigenvalue weighted by Gasteiger charge is 2.44. The molecule has 0 radical (unpaired) electrons. The summed E-state index contributed by atoms with van der Waals surface area (Å²) in [5, 5.41) is 0. The monoisotopic (exact) mass is 425 g/mol. The molecule has 4 rings (SSSR count). The Labute approximate surface area is 175 Å². The van der Waals surface area contributed by atoms with Crippen LogP contribution in [0.3, 0.4) is 0 Å². The molecule has 0 N–H and O–H groups in total. The molecule has 3 fully saturated rings. The molecule has 166 valence electrons. The molecule has 30 heavy (non-hydrogen) atoms. The van der Waals surface area contributed by atoms with Gasteiger partial charge in [-0.05, 0) is 69.3 Å². The summed E-state index contributed by atoms with van der Waals surface area (Å²) in [7, 11) is 0. The van der Waals surface area contributed by atoms with Crippen LogP contribution in [0.25, 0.3) is 0 Å². The predicted molar refractivity (Wildman–Crippen MR) is 108 cm³/mol. The van der Waals surface area contributed by atoms with Crippen molar-refractivity contribution in [1.82, 2.24) is 9.80 Å². The average molecular weight is 425 g/mol. The number of piperidine rings is 1. The fraction of sp³-hybridized carbons (Fsp3) is 0.682. The second-order valence-corrected chi connectivity index (χ2v) is 8.86. The smallest absolute Gasteiger partial charge is 0.406 e. The number of carbonyl (C=O) groups excluding carboxylic acids is 1. The first-order valence-electron chi connectivity index (χ1n) is 10.9. The number of carbonyl (C=O) groups is 1. The average Bonchev–Trinajstić information content (AvgIpc) is 3.48. The maximum atomic E-state index is 12.5. The van der Waals surface area contributed by atoms with Crippen molar-refractivity contribution in [3.8, 4) is 5.75 Å². The van der Waals surface area contributed by atoms with Crippen molar-refractivity contribution in [3.05, 3.63) is 24.3 Å². The van der Waals surface area contributed by atoms with Gasteiger partial charge >= 0.3 is 6.36 Å². The quantitative estimate of drug-likeness (QED) is 0.693. The lowest BCUT2D eigenvalue weighted by molar-refractivity contribution is -0.274. The summed E-state index contributed by atoms with van der Waals surface area (Å²) in [5.41, 5.74) is 1.33. The largest absolute Gasteiger partial charge is 0.573 e. The van der Waals surface area contributed by atoms with Crippen molar-refractivity contribution in [2.45, 2.75) is 44.9 Å². The van der Waals surface area contributed by atoms with Crippen molar-refractivity contribution in [2.75, 3.05) is 50.7 Å². The van der Waals surface area contributed by atoms with E-state index < -0.39 is 6.36 Å². The minimum atomic E-state index is -4.71. The molecule has 5 nitrogen and oxygen atoms in total. The number of hydrogen-bond donors (Lipinski definition) is 0. The van der Waals surface area contributed by atoms with Crippen LogP contribution in [0, 0.1) is 5.41 Å². The molecule has 0 atom stereocenters. The second kappa shape index (κ2) is 8.65. The van der Waals surface area contributed by atoms with Crippen LogP contribution < -0.4 is 9.64 Å². The third kappa shape index (κ3) is 5.59. The zero-order valence-corrected chi connectivity index (χ0v) is 17.3. The molecule has 0 bridgehead atoms. The van der Waals surface area contributed by atoms with Gasteiger partial charge in [-0.25, -0.2) is 0 Å². The molecule has 2 saturated heterocycles. The van der Waals surface area contributed by atoms with Crippen LogP contribution in [-0.2, 0) is 4.79 Å². The predicted octanol–water partition coefficient (Wildman–Crippen LogP) is 3.89. The summed E-state index contributed by atoms with van der Waals surface area (Å²) >= 11 is 0. The molecule has 1 aromatic rings. The van der Waals surface area contributed by atoms with E-state index in [4.69, 9.17) is 0 Å². The van der Waals surface area contributed by atoms with E-state index in [1.54, 1.807) is 12.1 Å². The number of likely N-dealkylation sites (tertiary alicyclic amines) is 1. The van der Waals surface area contributed by atoms with Gasteiger partial charge < -0.3 is 19.4 Å². The molecule has 1 amide bonds. The van der Waals surface area contributed by atoms with Crippen LogP contribution in [0.15, 0.2) is 24.3 Å². The summed E-state index contributed by atoms with van der Waals surface area (Å²) < 4.78 is 41.5. The Morgan fingerprint density at radius 1 is 0.967 bits per heavy atom. The fourth-order valence-corrected chi connectivity index (χ4v) is 4.65. The van der Waals surface area contributed by atoms with Gasteiger partial charge in [0, 0.05) is 44.4 Å². The van der Waals surface area contributed by atoms with Crippen molar-refractivity contribution < 1.29 is 22.7 Å². The van der Waals surface area contributed by atoms with Crippen LogP contribution in [-0.4, -0.2) is 67.9 Å². The van der Waals surface area contributed by atoms with E-state index in [1.807, 2.05) is 9.80 Å². The molecule has 3 aliphatic rings. The summed E-state index contributed by atoms with van der Waals surface area (Å²) in [5.74, 6) is -0.113. The molecule has 8 heteroatoms. The van der Waals surface area contributed by atoms with Crippen molar-refractivity contribution >= 4 is 11.6 Å². The number of halogens is 3. The van der Waals surface area contributed by atoms with Crippen molar-refractivity contribution in [2.24, 2.45) is 5.41 Å². The Bertz CT molecular complexity index is 741. The molecule has 0 unspecified atom stereocenters. The number of ether oxygens (including phenoxy) is 1. The maximum absolute atomic E-state index is 12.5. The maximum Gasteiger partial charge on any atom is 0.573 e. The van der Waals surface area contributed by atoms with Gasteiger partial charge in [0.25, 0.3) is 0 Å². The minimum absolute atomic E-state index is 0.121. The standard InChI is InChI=1S/C22H30F3N3O2/c23-22(24,25)30-19-4-1-3-18(17-19)27-12-5-20(29)28(16-15-27)11-2-10-26-13-8-21(6-7-21)9-14-26/h1,3-4,17H,2,5-16H2. The summed E-state index contributed by atoms with van der Waals surface area (Å²) in [6, 6.07) is 5.98. The van der Waals surface area contributed by atoms with E-state index in [2.05, 4.69) is 9.64 Å². The summed E-state index contributed by atoms with van der Waals surface area (Å²) in [6.07, 6.45) is 2.08. The highest BCUT2D eigenvalue weighted by Crippen LogP contribution is 2.53. The molecule has 1 saturated carbocycles. The van der Waals surface area contributed by atoms with Crippen LogP contribution in [0.4, 0.5) is 18.9 Å². The first kappa shape index (κ1) is 21.3. The molecule has 1 aliphatic carbocycles. The van der Waals surface area contributed by atoms with Crippen LogP contribution in [0.1, 0.15) is 38.5 Å². The van der Waals surface area contributed by atoms with E-state index in [9.17, 15) is 18.0 Å². The lowest BCUT2D eigenvalue weighted by Crippen LogP contribution is -2.38. The molecular formula is C22H30F3N3O2. The molecule has 2 aliphatic heterocycles.